The molecule has 4 aromatic rings. The molecule has 6 rings (SSSR count). The van der Waals surface area contributed by atoms with E-state index < -0.39 is 77.8 Å². The molecule has 59 heavy (non-hydrogen) atoms. The third kappa shape index (κ3) is 8.82. The van der Waals surface area contributed by atoms with Crippen molar-refractivity contribution in [3.8, 4) is 11.4 Å². The first-order valence-electron chi connectivity index (χ1n) is 20.3. The zero-order valence-corrected chi connectivity index (χ0v) is 34.1. The number of amides is 4. The summed E-state index contributed by atoms with van der Waals surface area (Å²) in [6.45, 7) is 6.61. The van der Waals surface area contributed by atoms with Crippen LogP contribution in [0.5, 0.6) is 0 Å². The van der Waals surface area contributed by atoms with Crippen molar-refractivity contribution in [3.63, 3.8) is 0 Å². The molecule has 0 aliphatic carbocycles. The van der Waals surface area contributed by atoms with Crippen LogP contribution in [0.4, 0.5) is 17.6 Å². The van der Waals surface area contributed by atoms with Crippen LogP contribution in [0.25, 0.3) is 33.2 Å². The second kappa shape index (κ2) is 18.1. The van der Waals surface area contributed by atoms with E-state index >= 15 is 8.78 Å². The Bertz CT molecular complexity index is 2210. The highest BCUT2D eigenvalue weighted by Crippen LogP contribution is 2.40. The van der Waals surface area contributed by atoms with E-state index in [0.29, 0.717) is 38.8 Å². The van der Waals surface area contributed by atoms with Crippen LogP contribution in [0.2, 0.25) is 0 Å². The van der Waals surface area contributed by atoms with Gasteiger partial charge in [-0.3, -0.25) is 19.2 Å². The van der Waals surface area contributed by atoms with Crippen molar-refractivity contribution in [1.82, 2.24) is 41.0 Å². The minimum atomic E-state index is -1.37. The number of rotatable bonds is 15. The van der Waals surface area contributed by atoms with E-state index in [4.69, 9.17) is 0 Å². The van der Waals surface area contributed by atoms with Gasteiger partial charge in [0.25, 0.3) is 0 Å². The van der Waals surface area contributed by atoms with Gasteiger partial charge < -0.3 is 46.1 Å². The molecule has 13 nitrogen and oxygen atoms in total. The number of nitrogens with one attached hydrogen (secondary N) is 6. The van der Waals surface area contributed by atoms with Crippen molar-refractivity contribution in [1.29, 1.82) is 0 Å². The number of halogens is 4. The largest absolute Gasteiger partial charge is 0.391 e. The van der Waals surface area contributed by atoms with Crippen molar-refractivity contribution >= 4 is 45.4 Å². The predicted octanol–water partition coefficient (Wildman–Crippen LogP) is 3.72. The molecule has 4 amide bonds. The molecular weight excluding hydrogens is 773 g/mol. The molecule has 2 saturated heterocycles. The lowest BCUT2D eigenvalue weighted by Gasteiger charge is -2.30. The number of likely N-dealkylation sites (N-methyl/N-ethyl adjacent to an activating group) is 2. The van der Waals surface area contributed by atoms with Crippen LogP contribution in [-0.2, 0) is 32.0 Å². The number of H-pyrrole nitrogens is 2. The summed E-state index contributed by atoms with van der Waals surface area (Å²) < 4.78 is 60.6. The number of carbonyl (C=O) groups excluding carboxylic acids is 4. The van der Waals surface area contributed by atoms with Gasteiger partial charge >= 0.3 is 0 Å². The standard InChI is InChI=1S/C42H54F4N8O5/c1-7-32(50-39(56)20(3)47-5)41(58)53-18-23(44)13-24(53)16-29-27-10-9-22(43)14-34(27)49-37(29)38-30(28-11-12-31(45)35(46)36(28)52-38)17-25-15-26(55)19-54(25)42(59)33(8-2)51-40(57)21(4)48-6/h9-12,14,20-21,23-26,32-33,47-49,52,55H,7-8,13,15-19H2,1-6H3,(H,50,56)(H,51,57). The lowest BCUT2D eigenvalue weighted by molar-refractivity contribution is -0.138. The molecule has 0 radical (unpaired) electrons. The van der Waals surface area contributed by atoms with Crippen LogP contribution >= 0.6 is 0 Å². The predicted molar refractivity (Wildman–Crippen MR) is 215 cm³/mol. The average Bonchev–Trinajstić information content (AvgIpc) is 3.98. The Labute approximate surface area is 340 Å². The SMILES string of the molecule is CCC(NC(=O)C(C)NC)C(=O)N1CC(O)CC1Cc1c(-c2[nH]c3cc(F)ccc3c2CC2CC(F)CN2C(=O)C(CC)NC(=O)C(C)NC)[nH]c2c(F)c(F)ccc12. The van der Waals surface area contributed by atoms with Crippen molar-refractivity contribution < 1.29 is 41.8 Å². The summed E-state index contributed by atoms with van der Waals surface area (Å²) in [4.78, 5) is 62.8. The zero-order valence-electron chi connectivity index (χ0n) is 34.1. The maximum Gasteiger partial charge on any atom is 0.245 e. The third-order valence-corrected chi connectivity index (χ3v) is 12.0. The monoisotopic (exact) mass is 826 g/mol. The van der Waals surface area contributed by atoms with Crippen LogP contribution in [0.3, 0.4) is 0 Å². The molecule has 2 aliphatic rings. The molecule has 0 bridgehead atoms. The molecule has 2 aromatic carbocycles. The summed E-state index contributed by atoms with van der Waals surface area (Å²) in [6.07, 6.45) is -1.46. The minimum Gasteiger partial charge on any atom is -0.391 e. The molecule has 8 unspecified atom stereocenters. The van der Waals surface area contributed by atoms with Gasteiger partial charge in [0.2, 0.25) is 23.6 Å². The van der Waals surface area contributed by atoms with Crippen molar-refractivity contribution in [2.24, 2.45) is 0 Å². The number of aliphatic hydroxyl groups is 1. The number of alkyl halides is 1. The van der Waals surface area contributed by atoms with Crippen LogP contribution in [0.1, 0.15) is 64.5 Å². The van der Waals surface area contributed by atoms with Gasteiger partial charge in [0.1, 0.15) is 24.1 Å². The van der Waals surface area contributed by atoms with Crippen LogP contribution < -0.4 is 21.3 Å². The Hall–Kier alpha value is -5.00. The number of fused-ring (bicyclic) bond motifs is 2. The van der Waals surface area contributed by atoms with Crippen molar-refractivity contribution in [3.05, 3.63) is 58.9 Å². The van der Waals surface area contributed by atoms with Crippen molar-refractivity contribution in [2.75, 3.05) is 27.2 Å². The number of carbonyl (C=O) groups is 4. The Kier molecular flexibility index (Phi) is 13.4. The molecule has 4 heterocycles. The van der Waals surface area contributed by atoms with Gasteiger partial charge in [0.15, 0.2) is 11.6 Å². The first-order chi connectivity index (χ1) is 28.1. The average molecular weight is 827 g/mol. The van der Waals surface area contributed by atoms with E-state index in [0.717, 1.165) is 6.07 Å². The van der Waals surface area contributed by atoms with Gasteiger partial charge in [-0.05, 0) is 102 Å². The summed E-state index contributed by atoms with van der Waals surface area (Å²) in [6, 6.07) is 2.28. The Morgan fingerprint density at radius 2 is 1.31 bits per heavy atom. The molecule has 2 aliphatic heterocycles. The normalized spacial score (nSPS) is 21.5. The number of aromatic nitrogens is 2. The van der Waals surface area contributed by atoms with E-state index in [1.807, 2.05) is 0 Å². The molecule has 17 heteroatoms. The quantitative estimate of drug-likeness (QED) is 0.0895. The molecule has 2 aromatic heterocycles. The minimum absolute atomic E-state index is 0.0158. The van der Waals surface area contributed by atoms with E-state index in [-0.39, 0.29) is 68.9 Å². The Morgan fingerprint density at radius 3 is 1.88 bits per heavy atom. The fraction of sp³-hybridized carbons (Fsp3) is 0.524. The fourth-order valence-corrected chi connectivity index (χ4v) is 8.42. The topological polar surface area (TPSA) is 175 Å². The van der Waals surface area contributed by atoms with Crippen molar-refractivity contribution in [2.45, 2.75) is 115 Å². The molecule has 2 fully saturated rings. The lowest BCUT2D eigenvalue weighted by atomic mass is 9.94. The zero-order chi connectivity index (χ0) is 42.9. The second-order valence-corrected chi connectivity index (χ2v) is 15.8. The number of aliphatic hydroxyl groups excluding tert-OH is 1. The van der Waals surface area contributed by atoms with E-state index in [9.17, 15) is 33.1 Å². The highest BCUT2D eigenvalue weighted by molar-refractivity contribution is 5.97. The fourth-order valence-electron chi connectivity index (χ4n) is 8.42. The van der Waals surface area contributed by atoms with Crippen LogP contribution in [0.15, 0.2) is 30.3 Å². The lowest BCUT2D eigenvalue weighted by Crippen LogP contribution is -2.53. The molecule has 0 saturated carbocycles. The van der Waals surface area contributed by atoms with E-state index in [2.05, 4.69) is 31.2 Å². The number of hydrogen-bond donors (Lipinski definition) is 7. The maximum atomic E-state index is 15.7. The summed E-state index contributed by atoms with van der Waals surface area (Å²) in [5.74, 6) is -4.39. The number of β-amino-alcohol motifs (C(OH)–C–C–N with tert-alkyl or cyclic N) is 1. The summed E-state index contributed by atoms with van der Waals surface area (Å²) in [7, 11) is 3.24. The summed E-state index contributed by atoms with van der Waals surface area (Å²) >= 11 is 0. The van der Waals surface area contributed by atoms with E-state index in [1.165, 1.54) is 28.0 Å². The highest BCUT2D eigenvalue weighted by atomic mass is 19.2. The molecule has 0 spiro atoms. The Balaban J connectivity index is 1.42. The summed E-state index contributed by atoms with van der Waals surface area (Å²) in [5.41, 5.74) is 1.91. The number of likely N-dealkylation sites (tertiary alicyclic amines) is 2. The molecule has 320 valence electrons. The van der Waals surface area contributed by atoms with E-state index in [1.54, 1.807) is 47.9 Å². The first kappa shape index (κ1) is 43.6. The van der Waals surface area contributed by atoms with Gasteiger partial charge in [-0.1, -0.05) is 13.8 Å². The first-order valence-corrected chi connectivity index (χ1v) is 20.3. The highest BCUT2D eigenvalue weighted by Gasteiger charge is 2.41. The van der Waals surface area contributed by atoms with Gasteiger partial charge in [-0.15, -0.1) is 0 Å². The van der Waals surface area contributed by atoms with Gasteiger partial charge in [-0.2, -0.15) is 0 Å². The molecular formula is C42H54F4N8O5. The Morgan fingerprint density at radius 1 is 0.780 bits per heavy atom. The van der Waals surface area contributed by atoms with Crippen LogP contribution in [0, 0.1) is 17.5 Å². The van der Waals surface area contributed by atoms with Gasteiger partial charge in [-0.25, -0.2) is 17.6 Å². The smallest absolute Gasteiger partial charge is 0.245 e. The van der Waals surface area contributed by atoms with Gasteiger partial charge in [0.05, 0.1) is 41.6 Å². The molecule has 7 N–H and O–H groups in total. The second-order valence-electron chi connectivity index (χ2n) is 15.8. The molecule has 8 atom stereocenters. The van der Waals surface area contributed by atoms with Crippen LogP contribution in [-0.4, -0.2) is 124 Å². The number of nitrogens with zero attached hydrogens (tertiary/aromatic N) is 2. The number of benzene rings is 2. The summed E-state index contributed by atoms with van der Waals surface area (Å²) in [5, 5.41) is 23.0. The maximum absolute atomic E-state index is 15.7. The third-order valence-electron chi connectivity index (χ3n) is 12.0. The number of aromatic amines is 2. The van der Waals surface area contributed by atoms with Gasteiger partial charge in [0, 0.05) is 41.3 Å². The number of hydrogen-bond acceptors (Lipinski definition) is 7.